The number of unbranched alkanes of at least 4 members (excludes halogenated alkanes) is 2. The van der Waals surface area contributed by atoms with E-state index in [-0.39, 0.29) is 82.8 Å². The van der Waals surface area contributed by atoms with Gasteiger partial charge < -0.3 is 92.1 Å². The van der Waals surface area contributed by atoms with E-state index in [9.17, 15) is 53.4 Å². The molecule has 23 N–H and O–H groups in total. The molecule has 0 spiro atoms. The molecule has 8 amide bonds. The summed E-state index contributed by atoms with van der Waals surface area (Å²) in [4.78, 5) is 137. The summed E-state index contributed by atoms with van der Waals surface area (Å²) < 4.78 is 0. The van der Waals surface area contributed by atoms with Crippen molar-refractivity contribution in [3.8, 4) is 0 Å². The van der Waals surface area contributed by atoms with Crippen LogP contribution in [0.2, 0.25) is 0 Å². The number of aliphatic imine (C=N–C) groups is 2. The molecule has 1 aromatic heterocycles. The number of imidazole rings is 1. The number of carboxylic acid groups (broad SMARTS) is 1. The lowest BCUT2D eigenvalue weighted by molar-refractivity contribution is -0.137. The van der Waals surface area contributed by atoms with Crippen molar-refractivity contribution in [3.05, 3.63) is 30.0 Å². The lowest BCUT2D eigenvalue weighted by Gasteiger charge is -2.28. The van der Waals surface area contributed by atoms with Crippen molar-refractivity contribution < 1.29 is 53.4 Å². The second-order valence-electron chi connectivity index (χ2n) is 17.8. The third kappa shape index (κ3) is 22.1. The number of aliphatic hydroxyl groups is 1. The Morgan fingerprint density at radius 2 is 1.50 bits per heavy atom. The minimum atomic E-state index is -1.58. The van der Waals surface area contributed by atoms with Crippen LogP contribution in [0.25, 0.3) is 0 Å². The Morgan fingerprint density at radius 3 is 2.09 bits per heavy atom. The molecule has 29 heteroatoms. The number of carboxylic acids is 1. The molecular formula is C45H78N18O11. The summed E-state index contributed by atoms with van der Waals surface area (Å²) >= 11 is 0. The highest BCUT2D eigenvalue weighted by Crippen LogP contribution is 2.20. The van der Waals surface area contributed by atoms with Gasteiger partial charge in [0.1, 0.15) is 41.6 Å². The van der Waals surface area contributed by atoms with E-state index in [4.69, 9.17) is 40.1 Å². The van der Waals surface area contributed by atoms with Crippen LogP contribution in [0.5, 0.6) is 0 Å². The van der Waals surface area contributed by atoms with Crippen LogP contribution in [0.1, 0.15) is 90.2 Å². The van der Waals surface area contributed by atoms with Gasteiger partial charge in [0, 0.05) is 37.9 Å². The van der Waals surface area contributed by atoms with Crippen LogP contribution in [-0.4, -0.2) is 178 Å². The van der Waals surface area contributed by atoms with Gasteiger partial charge in [0.2, 0.25) is 35.4 Å². The molecule has 7 atom stereocenters. The molecule has 0 bridgehead atoms. The number of aliphatic hydroxyl groups excluding tert-OH is 1. The fourth-order valence-electron chi connectivity index (χ4n) is 7.48. The topological polar surface area (TPSA) is 505 Å². The molecule has 1 aromatic rings. The molecule has 1 aliphatic heterocycles. The first kappa shape index (κ1) is 63.2. The molecule has 414 valence electrons. The van der Waals surface area contributed by atoms with E-state index in [1.165, 1.54) is 23.5 Å². The number of guanidine groups is 1. The monoisotopic (exact) mass is 1050 g/mol. The van der Waals surface area contributed by atoms with Gasteiger partial charge in [-0.25, -0.2) is 14.8 Å². The van der Waals surface area contributed by atoms with Crippen molar-refractivity contribution in [3.63, 3.8) is 0 Å². The van der Waals surface area contributed by atoms with Crippen LogP contribution >= 0.6 is 0 Å². The van der Waals surface area contributed by atoms with Gasteiger partial charge in [-0.05, 0) is 89.8 Å². The highest BCUT2D eigenvalue weighted by atomic mass is 16.4. The highest BCUT2D eigenvalue weighted by Gasteiger charge is 2.39. The Morgan fingerprint density at radius 1 is 0.838 bits per heavy atom. The van der Waals surface area contributed by atoms with Gasteiger partial charge in [-0.2, -0.15) is 0 Å². The van der Waals surface area contributed by atoms with Crippen molar-refractivity contribution in [1.82, 2.24) is 46.8 Å². The smallest absolute Gasteiger partial charge is 0.352 e. The van der Waals surface area contributed by atoms with Crippen LogP contribution < -0.4 is 72.0 Å². The van der Waals surface area contributed by atoms with E-state index in [0.29, 0.717) is 44.3 Å². The Balaban J connectivity index is 2.30. The average Bonchev–Trinajstić information content (AvgIpc) is 4.08. The number of aromatic nitrogens is 2. The van der Waals surface area contributed by atoms with Gasteiger partial charge in [-0.3, -0.25) is 43.3 Å². The standard InChI is InChI=1S/C45H78N18O11/c1-25(2)35(61-42(71)36(33(64)21-49)62-37(66)27(50)10-3-5-15-46)41(70)55-23-34(65)57-29(12-7-17-48)43(72)63-19-9-14-32(63)40(69)60-31(20-26-22-53-24-56-26)39(68)58-28(11-4-6-16-47)38(67)59-30(44(73)74)13-8-18-54-45(51)52/h13,22,24-25,27-28,31-33,35-36,64H,3-12,14-21,23,46-50H2,1-2H3,(H,53,56)(H,55,70)(H,58,68)(H,59,67)(H,60,69)(H,61,71)(H,62,66)(H,73,74)(H4,51,52,54)/b30-13-,57-29?/t27-,28-,31-,32-,33-,35?,36-/m0/s1. The predicted molar refractivity (Wildman–Crippen MR) is 271 cm³/mol. The number of amides is 8. The number of nitrogens with two attached hydrogens (primary N) is 7. The van der Waals surface area contributed by atoms with Gasteiger partial charge in [-0.1, -0.05) is 26.3 Å². The number of aliphatic carboxylic acids is 1. The number of likely N-dealkylation sites (tertiary alicyclic amines) is 1. The Hall–Kier alpha value is -6.92. The third-order valence-corrected chi connectivity index (χ3v) is 11.6. The van der Waals surface area contributed by atoms with Gasteiger partial charge in [0.25, 0.3) is 11.8 Å². The summed E-state index contributed by atoms with van der Waals surface area (Å²) in [5, 5.41) is 35.2. The number of nitrogens with zero attached hydrogens (tertiary/aromatic N) is 4. The summed E-state index contributed by atoms with van der Waals surface area (Å²) in [6, 6.07) is -7.69. The summed E-state index contributed by atoms with van der Waals surface area (Å²) in [7, 11) is 0. The van der Waals surface area contributed by atoms with E-state index in [2.05, 4.69) is 51.9 Å². The van der Waals surface area contributed by atoms with Crippen molar-refractivity contribution in [1.29, 1.82) is 0 Å². The van der Waals surface area contributed by atoms with Crippen molar-refractivity contribution in [2.24, 2.45) is 56.0 Å². The van der Waals surface area contributed by atoms with Crippen molar-refractivity contribution in [2.45, 2.75) is 133 Å². The van der Waals surface area contributed by atoms with E-state index in [0.717, 1.165) is 0 Å². The number of hydrogen-bond donors (Lipinski definition) is 16. The third-order valence-electron chi connectivity index (χ3n) is 11.6. The van der Waals surface area contributed by atoms with Gasteiger partial charge in [0.15, 0.2) is 5.96 Å². The molecule has 2 heterocycles. The minimum absolute atomic E-state index is 0.0390. The summed E-state index contributed by atoms with van der Waals surface area (Å²) in [6.45, 7) is 2.91. The molecule has 2 rings (SSSR count). The molecule has 0 radical (unpaired) electrons. The highest BCUT2D eigenvalue weighted by molar-refractivity contribution is 6.40. The molecular weight excluding hydrogens is 969 g/mol. The predicted octanol–water partition coefficient (Wildman–Crippen LogP) is -5.99. The first-order chi connectivity index (χ1) is 35.2. The van der Waals surface area contributed by atoms with Crippen molar-refractivity contribution in [2.75, 3.05) is 45.8 Å². The number of aromatic amines is 1. The van der Waals surface area contributed by atoms with E-state index in [1.54, 1.807) is 13.8 Å². The lowest BCUT2D eigenvalue weighted by atomic mass is 10.0. The molecule has 1 fully saturated rings. The summed E-state index contributed by atoms with van der Waals surface area (Å²) in [5.74, 6) is -8.92. The maximum absolute atomic E-state index is 14.2. The fraction of sp³-hybridized carbons (Fsp3) is 0.644. The number of H-pyrrole nitrogens is 1. The number of rotatable bonds is 34. The molecule has 0 aliphatic carbocycles. The summed E-state index contributed by atoms with van der Waals surface area (Å²) in [6.07, 6.45) is 5.25. The quantitative estimate of drug-likeness (QED) is 0.0132. The second-order valence-corrected chi connectivity index (χ2v) is 17.8. The number of carbonyl (C=O) groups excluding carboxylic acids is 8. The zero-order valence-electron chi connectivity index (χ0n) is 42.2. The SMILES string of the molecule is CC(C)C(NC(=O)[C@@H](NC(=O)[C@@H](N)CCCCN)[C@@H](O)CN)C(=O)NCC(=O)N=C(CCCN)C(=O)N1CCC[C@H]1C(=O)N[C@@H](Cc1cnc[nH]1)C(=O)N[C@@H](CCCCN)C(=O)N/C(=C\CCN=C(N)N)C(=O)O. The first-order valence-corrected chi connectivity index (χ1v) is 24.6. The first-order valence-electron chi connectivity index (χ1n) is 24.6. The molecule has 1 saturated heterocycles. The van der Waals surface area contributed by atoms with Gasteiger partial charge >= 0.3 is 5.97 Å². The van der Waals surface area contributed by atoms with Gasteiger partial charge in [0.05, 0.1) is 25.0 Å². The molecule has 29 nitrogen and oxygen atoms in total. The average molecular weight is 1050 g/mol. The Kier molecular flexibility index (Phi) is 28.8. The Bertz CT molecular complexity index is 2120. The molecule has 1 aliphatic rings. The zero-order chi connectivity index (χ0) is 55.3. The van der Waals surface area contributed by atoms with Crippen LogP contribution in [0.3, 0.4) is 0 Å². The zero-order valence-corrected chi connectivity index (χ0v) is 42.2. The molecule has 1 unspecified atom stereocenters. The van der Waals surface area contributed by atoms with Crippen LogP contribution in [-0.2, 0) is 49.6 Å². The van der Waals surface area contributed by atoms with E-state index < -0.39 is 120 Å². The van der Waals surface area contributed by atoms with E-state index in [1.807, 2.05) is 0 Å². The summed E-state index contributed by atoms with van der Waals surface area (Å²) in [5.41, 5.74) is 38.9. The minimum Gasteiger partial charge on any atom is -0.477 e. The lowest BCUT2D eigenvalue weighted by Crippen LogP contribution is -2.61. The van der Waals surface area contributed by atoms with Crippen LogP contribution in [0, 0.1) is 5.92 Å². The maximum Gasteiger partial charge on any atom is 0.352 e. The molecule has 0 saturated carbocycles. The van der Waals surface area contributed by atoms with E-state index >= 15 is 0 Å². The maximum atomic E-state index is 14.2. The number of nitrogens with one attached hydrogen (secondary N) is 7. The van der Waals surface area contributed by atoms with Gasteiger partial charge in [-0.15, -0.1) is 0 Å². The largest absolute Gasteiger partial charge is 0.477 e. The Labute approximate surface area is 429 Å². The normalized spacial score (nSPS) is 16.2. The van der Waals surface area contributed by atoms with Crippen LogP contribution in [0.15, 0.2) is 34.3 Å². The molecule has 74 heavy (non-hydrogen) atoms. The fourth-order valence-corrected chi connectivity index (χ4v) is 7.48. The molecule has 0 aromatic carbocycles. The van der Waals surface area contributed by atoms with Crippen molar-refractivity contribution >= 4 is 64.9 Å². The number of hydrogen-bond acceptors (Lipinski definition) is 17. The van der Waals surface area contributed by atoms with Crippen LogP contribution in [0.4, 0.5) is 0 Å². The number of carbonyl (C=O) groups is 9. The second kappa shape index (κ2) is 33.7.